The van der Waals surface area contributed by atoms with Gasteiger partial charge in [0.05, 0.1) is 13.2 Å². The van der Waals surface area contributed by atoms with Gasteiger partial charge in [-0.25, -0.2) is 0 Å². The van der Waals surface area contributed by atoms with Gasteiger partial charge in [-0.15, -0.1) is 0 Å². The Morgan fingerprint density at radius 1 is 1.16 bits per heavy atom. The van der Waals surface area contributed by atoms with E-state index in [1.54, 1.807) is 0 Å². The summed E-state index contributed by atoms with van der Waals surface area (Å²) in [5.74, 6) is 2.32. The molecule has 1 saturated carbocycles. The minimum atomic E-state index is 0.118. The van der Waals surface area contributed by atoms with Crippen molar-refractivity contribution in [2.75, 3.05) is 58.7 Å². The summed E-state index contributed by atoms with van der Waals surface area (Å²) in [4.78, 5) is 9.66. The van der Waals surface area contributed by atoms with Gasteiger partial charge in [-0.3, -0.25) is 9.89 Å². The minimum absolute atomic E-state index is 0.118. The Kier molecular flexibility index (Phi) is 6.55. The molecule has 1 aliphatic carbocycles. The van der Waals surface area contributed by atoms with Crippen LogP contribution < -0.4 is 5.32 Å². The summed E-state index contributed by atoms with van der Waals surface area (Å²) in [7, 11) is 1.93. The van der Waals surface area contributed by atoms with Gasteiger partial charge in [0, 0.05) is 55.8 Å². The average Bonchev–Trinajstić information content (AvgIpc) is 2.64. The van der Waals surface area contributed by atoms with Gasteiger partial charge in [0.2, 0.25) is 0 Å². The molecule has 3 rings (SSSR count). The number of thioether (sulfide) groups is 1. The van der Waals surface area contributed by atoms with Crippen molar-refractivity contribution in [1.82, 2.24) is 15.1 Å². The molecule has 3 aliphatic rings. The van der Waals surface area contributed by atoms with Crippen molar-refractivity contribution in [3.63, 3.8) is 0 Å². The zero-order valence-corrected chi connectivity index (χ0v) is 17.2. The van der Waals surface area contributed by atoms with E-state index in [9.17, 15) is 0 Å². The lowest BCUT2D eigenvalue weighted by Gasteiger charge is -2.46. The quantitative estimate of drug-likeness (QED) is 0.612. The molecular weight excluding hydrogens is 332 g/mol. The highest BCUT2D eigenvalue weighted by Gasteiger charge is 2.38. The van der Waals surface area contributed by atoms with E-state index in [0.29, 0.717) is 4.75 Å². The molecule has 3 fully saturated rings. The van der Waals surface area contributed by atoms with E-state index in [4.69, 9.17) is 4.74 Å². The van der Waals surface area contributed by atoms with Gasteiger partial charge in [0.15, 0.2) is 5.96 Å². The van der Waals surface area contributed by atoms with Gasteiger partial charge in [0.1, 0.15) is 0 Å². The van der Waals surface area contributed by atoms with E-state index >= 15 is 0 Å². The maximum atomic E-state index is 5.50. The molecule has 6 heteroatoms. The van der Waals surface area contributed by atoms with Gasteiger partial charge in [0.25, 0.3) is 0 Å². The number of rotatable bonds is 3. The third-order valence-corrected chi connectivity index (χ3v) is 7.61. The fraction of sp³-hybridized carbons (Fsp3) is 0.947. The van der Waals surface area contributed by atoms with Gasteiger partial charge in [-0.1, -0.05) is 19.3 Å². The molecule has 2 aliphatic heterocycles. The van der Waals surface area contributed by atoms with E-state index in [1.165, 1.54) is 37.9 Å². The summed E-state index contributed by atoms with van der Waals surface area (Å²) in [6.45, 7) is 11.6. The second kappa shape index (κ2) is 8.49. The second-order valence-electron chi connectivity index (χ2n) is 8.33. The van der Waals surface area contributed by atoms with Crippen LogP contribution in [0, 0.1) is 0 Å². The number of hydrogen-bond donors (Lipinski definition) is 1. The molecule has 5 nitrogen and oxygen atoms in total. The molecule has 0 amide bonds. The van der Waals surface area contributed by atoms with Crippen LogP contribution in [0.25, 0.3) is 0 Å². The Balaban J connectivity index is 1.56. The Hall–Kier alpha value is -0.460. The summed E-state index contributed by atoms with van der Waals surface area (Å²) < 4.78 is 5.98. The van der Waals surface area contributed by atoms with Gasteiger partial charge >= 0.3 is 0 Å². The number of nitrogens with zero attached hydrogens (tertiary/aromatic N) is 3. The van der Waals surface area contributed by atoms with Crippen LogP contribution in [-0.4, -0.2) is 84.8 Å². The molecule has 0 aromatic rings. The molecule has 0 aromatic carbocycles. The average molecular weight is 369 g/mol. The van der Waals surface area contributed by atoms with Crippen molar-refractivity contribution in [2.24, 2.45) is 4.99 Å². The number of morpholine rings is 1. The first-order valence-corrected chi connectivity index (χ1v) is 11.0. The van der Waals surface area contributed by atoms with Crippen LogP contribution in [0.15, 0.2) is 4.99 Å². The summed E-state index contributed by atoms with van der Waals surface area (Å²) >= 11 is 2.22. The predicted octanol–water partition coefficient (Wildman–Crippen LogP) is 2.42. The van der Waals surface area contributed by atoms with E-state index in [-0.39, 0.29) is 5.54 Å². The Morgan fingerprint density at radius 2 is 1.88 bits per heavy atom. The van der Waals surface area contributed by atoms with Crippen LogP contribution in [0.1, 0.15) is 46.0 Å². The predicted molar refractivity (Wildman–Crippen MR) is 108 cm³/mol. The van der Waals surface area contributed by atoms with Crippen molar-refractivity contribution >= 4 is 17.7 Å². The van der Waals surface area contributed by atoms with Crippen molar-refractivity contribution in [3.05, 3.63) is 0 Å². The summed E-state index contributed by atoms with van der Waals surface area (Å²) in [5, 5.41) is 3.68. The monoisotopic (exact) mass is 368 g/mol. The number of nitrogens with one attached hydrogen (secondary N) is 1. The SMILES string of the molecule is CN=C(NCC(C)(C)N1CCOCC1)N1CCSC2(CCCCC2)C1. The number of guanidine groups is 1. The highest BCUT2D eigenvalue weighted by molar-refractivity contribution is 8.00. The molecule has 1 spiro atoms. The van der Waals surface area contributed by atoms with Crippen molar-refractivity contribution in [3.8, 4) is 0 Å². The zero-order valence-electron chi connectivity index (χ0n) is 16.4. The normalized spacial score (nSPS) is 26.0. The first kappa shape index (κ1) is 19.3. The van der Waals surface area contributed by atoms with Gasteiger partial charge < -0.3 is 15.0 Å². The van der Waals surface area contributed by atoms with Gasteiger partial charge in [-0.05, 0) is 26.7 Å². The largest absolute Gasteiger partial charge is 0.379 e. The third kappa shape index (κ3) is 4.83. The standard InChI is InChI=1S/C19H36N4OS/c1-18(2,23-9-12-24-13-10-23)15-21-17(20-3)22-11-14-25-19(16-22)7-5-4-6-8-19/h4-16H2,1-3H3,(H,20,21). The maximum Gasteiger partial charge on any atom is 0.193 e. The fourth-order valence-electron chi connectivity index (χ4n) is 4.43. The van der Waals surface area contributed by atoms with Crippen LogP contribution >= 0.6 is 11.8 Å². The molecule has 2 heterocycles. The van der Waals surface area contributed by atoms with E-state index in [1.807, 2.05) is 7.05 Å². The van der Waals surface area contributed by atoms with Gasteiger partial charge in [-0.2, -0.15) is 11.8 Å². The lowest BCUT2D eigenvalue weighted by atomic mass is 9.87. The van der Waals surface area contributed by atoms with E-state index in [0.717, 1.165) is 51.9 Å². The lowest BCUT2D eigenvalue weighted by molar-refractivity contribution is -0.00850. The van der Waals surface area contributed by atoms with Crippen LogP contribution in [0.5, 0.6) is 0 Å². The Morgan fingerprint density at radius 3 is 2.56 bits per heavy atom. The van der Waals surface area contributed by atoms with Crippen LogP contribution in [0.3, 0.4) is 0 Å². The van der Waals surface area contributed by atoms with E-state index < -0.39 is 0 Å². The third-order valence-electron chi connectivity index (χ3n) is 6.07. The van der Waals surface area contributed by atoms with Crippen LogP contribution in [0.4, 0.5) is 0 Å². The molecule has 25 heavy (non-hydrogen) atoms. The molecule has 0 bridgehead atoms. The highest BCUT2D eigenvalue weighted by Crippen LogP contribution is 2.42. The zero-order chi connectivity index (χ0) is 17.8. The maximum absolute atomic E-state index is 5.50. The number of ether oxygens (including phenoxy) is 1. The van der Waals surface area contributed by atoms with Crippen LogP contribution in [0.2, 0.25) is 0 Å². The summed E-state index contributed by atoms with van der Waals surface area (Å²) in [5.41, 5.74) is 0.118. The molecular formula is C19H36N4OS. The molecule has 0 atom stereocenters. The van der Waals surface area contributed by atoms with Crippen molar-refractivity contribution in [2.45, 2.75) is 56.2 Å². The first-order chi connectivity index (χ1) is 12.0. The second-order valence-corrected chi connectivity index (χ2v) is 9.89. The highest BCUT2D eigenvalue weighted by atomic mass is 32.2. The summed E-state index contributed by atoms with van der Waals surface area (Å²) in [6, 6.07) is 0. The fourth-order valence-corrected chi connectivity index (χ4v) is 6.00. The molecule has 144 valence electrons. The topological polar surface area (TPSA) is 40.1 Å². The minimum Gasteiger partial charge on any atom is -0.379 e. The number of hydrogen-bond acceptors (Lipinski definition) is 4. The summed E-state index contributed by atoms with van der Waals surface area (Å²) in [6.07, 6.45) is 6.98. The molecule has 2 saturated heterocycles. The molecule has 0 unspecified atom stereocenters. The van der Waals surface area contributed by atoms with Crippen molar-refractivity contribution < 1.29 is 4.74 Å². The smallest absolute Gasteiger partial charge is 0.193 e. The molecule has 1 N–H and O–H groups in total. The lowest BCUT2D eigenvalue weighted by Crippen LogP contribution is -2.59. The van der Waals surface area contributed by atoms with Crippen LogP contribution in [-0.2, 0) is 4.74 Å². The first-order valence-electron chi connectivity index (χ1n) is 9.97. The number of aliphatic imine (C=N–C) groups is 1. The molecule has 0 radical (unpaired) electrons. The Bertz CT molecular complexity index is 451. The van der Waals surface area contributed by atoms with E-state index in [2.05, 4.69) is 45.7 Å². The van der Waals surface area contributed by atoms with Crippen molar-refractivity contribution in [1.29, 1.82) is 0 Å². The Labute approximate surface area is 157 Å². The molecule has 0 aromatic heterocycles.